The molecule has 8 heteroatoms. The van der Waals surface area contributed by atoms with Crippen molar-refractivity contribution in [3.05, 3.63) is 0 Å². The van der Waals surface area contributed by atoms with E-state index in [1.807, 2.05) is 0 Å². The molecule has 1 aromatic rings. The van der Waals surface area contributed by atoms with Crippen molar-refractivity contribution in [1.82, 2.24) is 20.2 Å². The summed E-state index contributed by atoms with van der Waals surface area (Å²) in [6, 6.07) is -0.144. The van der Waals surface area contributed by atoms with Crippen LogP contribution in [0, 0.1) is 0 Å². The minimum Gasteiger partial charge on any atom is -0.394 e. The fourth-order valence-electron chi connectivity index (χ4n) is 0.745. The van der Waals surface area contributed by atoms with Crippen molar-refractivity contribution in [3.8, 4) is 0 Å². The van der Waals surface area contributed by atoms with Crippen LogP contribution >= 0.6 is 24.0 Å². The molecule has 6 nitrogen and oxygen atoms in total. The molecule has 0 aliphatic heterocycles. The third kappa shape index (κ3) is 3.29. The summed E-state index contributed by atoms with van der Waals surface area (Å²) in [5, 5.41) is 21.9. The predicted molar refractivity (Wildman–Crippen MR) is 57.3 cm³/mol. The molecule has 14 heavy (non-hydrogen) atoms. The van der Waals surface area contributed by atoms with Gasteiger partial charge in [0.1, 0.15) is 0 Å². The summed E-state index contributed by atoms with van der Waals surface area (Å²) in [7, 11) is 0. The van der Waals surface area contributed by atoms with Gasteiger partial charge in [0, 0.05) is 11.8 Å². The molecule has 3 N–H and O–H groups in total. The number of nitrogens with two attached hydrogens (primary N) is 1. The van der Waals surface area contributed by atoms with Crippen LogP contribution in [0.1, 0.15) is 0 Å². The number of aliphatic hydroxyl groups is 1. The molecular weight excluding hydrogens is 222 g/mol. The van der Waals surface area contributed by atoms with Crippen LogP contribution in [0.25, 0.3) is 0 Å². The Balaban J connectivity index is 2.48. The first kappa shape index (κ1) is 11.5. The number of hydrogen-bond acceptors (Lipinski definition) is 7. The largest absolute Gasteiger partial charge is 0.394 e. The van der Waals surface area contributed by atoms with E-state index in [1.165, 1.54) is 21.8 Å². The van der Waals surface area contributed by atoms with Gasteiger partial charge in [-0.15, -0.1) is 5.10 Å². The lowest BCUT2D eigenvalue weighted by Gasteiger charge is -2.04. The highest BCUT2D eigenvalue weighted by Crippen LogP contribution is 2.13. The number of rotatable bonds is 6. The van der Waals surface area contributed by atoms with Crippen LogP contribution in [0.3, 0.4) is 0 Å². The van der Waals surface area contributed by atoms with Crippen molar-refractivity contribution < 1.29 is 5.11 Å². The molecule has 0 amide bonds. The highest BCUT2D eigenvalue weighted by molar-refractivity contribution is 7.99. The third-order valence-corrected chi connectivity index (χ3v) is 2.84. The zero-order chi connectivity index (χ0) is 10.4. The number of nitrogens with zero attached hydrogens (tertiary/aromatic N) is 4. The molecule has 0 aliphatic rings. The summed E-state index contributed by atoms with van der Waals surface area (Å²) in [5.74, 6) is 0.634. The average Bonchev–Trinajstić information content (AvgIpc) is 2.62. The van der Waals surface area contributed by atoms with E-state index < -0.39 is 0 Å². The number of aliphatic hydroxyl groups excluding tert-OH is 1. The van der Waals surface area contributed by atoms with Gasteiger partial charge in [-0.2, -0.15) is 0 Å². The van der Waals surface area contributed by atoms with E-state index in [0.29, 0.717) is 17.5 Å². The number of aromatic nitrogens is 4. The van der Waals surface area contributed by atoms with Crippen molar-refractivity contribution in [3.63, 3.8) is 0 Å². The molecular formula is C6H11N5OS2. The monoisotopic (exact) mass is 233 g/mol. The summed E-state index contributed by atoms with van der Waals surface area (Å²) in [5.41, 5.74) is 5.61. The van der Waals surface area contributed by atoms with Gasteiger partial charge in [0.25, 0.3) is 0 Å². The minimum absolute atomic E-state index is 0.0117. The van der Waals surface area contributed by atoms with Gasteiger partial charge >= 0.3 is 0 Å². The smallest absolute Gasteiger partial charge is 0.209 e. The van der Waals surface area contributed by atoms with Gasteiger partial charge < -0.3 is 10.8 Å². The molecule has 0 bridgehead atoms. The standard InChI is InChI=1S/C6H11N5OS2/c7-5(3-13)4-14-6-8-9-10-11(6)1-2-12/h3,5,12H,1-2,4,7H2. The summed E-state index contributed by atoms with van der Waals surface area (Å²) >= 11 is 6.11. The molecule has 0 fully saturated rings. The Labute approximate surface area is 90.9 Å². The quantitative estimate of drug-likeness (QED) is 0.485. The SMILES string of the molecule is NC(C=S)CSc1nnnn1CCO. The second-order valence-electron chi connectivity index (χ2n) is 2.52. The number of thiocarbonyl (C=S) groups is 1. The zero-order valence-electron chi connectivity index (χ0n) is 7.41. The Hall–Kier alpha value is -0.570. The Morgan fingerprint density at radius 2 is 2.50 bits per heavy atom. The molecule has 0 radical (unpaired) electrons. The lowest BCUT2D eigenvalue weighted by Crippen LogP contribution is -2.23. The van der Waals surface area contributed by atoms with E-state index in [2.05, 4.69) is 15.5 Å². The van der Waals surface area contributed by atoms with Gasteiger partial charge in [-0.3, -0.25) is 0 Å². The van der Waals surface area contributed by atoms with Crippen LogP contribution in [0.15, 0.2) is 5.16 Å². The number of tetrazole rings is 1. The zero-order valence-corrected chi connectivity index (χ0v) is 9.04. The van der Waals surface area contributed by atoms with Gasteiger partial charge in [-0.05, 0) is 15.8 Å². The second-order valence-corrected chi connectivity index (χ2v) is 3.78. The molecule has 0 aromatic carbocycles. The third-order valence-electron chi connectivity index (χ3n) is 1.39. The maximum absolute atomic E-state index is 8.71. The first-order valence-corrected chi connectivity index (χ1v) is 5.44. The summed E-state index contributed by atoms with van der Waals surface area (Å²) in [4.78, 5) is 0. The Kier molecular flexibility index (Phi) is 4.94. The van der Waals surface area contributed by atoms with E-state index in [-0.39, 0.29) is 12.6 Å². The molecule has 0 aliphatic carbocycles. The van der Waals surface area contributed by atoms with Gasteiger partial charge in [-0.1, -0.05) is 24.0 Å². The van der Waals surface area contributed by atoms with Crippen LogP contribution in [0.5, 0.6) is 0 Å². The summed E-state index contributed by atoms with van der Waals surface area (Å²) < 4.78 is 1.53. The van der Waals surface area contributed by atoms with Gasteiger partial charge in [0.2, 0.25) is 5.16 Å². The van der Waals surface area contributed by atoms with E-state index >= 15 is 0 Å². The Bertz CT molecular complexity index is 292. The predicted octanol–water partition coefficient (Wildman–Crippen LogP) is -0.916. The topological polar surface area (TPSA) is 89.9 Å². The summed E-state index contributed by atoms with van der Waals surface area (Å²) in [6.07, 6.45) is 0. The lowest BCUT2D eigenvalue weighted by atomic mass is 10.4. The summed E-state index contributed by atoms with van der Waals surface area (Å²) in [6.45, 7) is 0.403. The maximum atomic E-state index is 8.71. The molecule has 0 spiro atoms. The van der Waals surface area contributed by atoms with Crippen molar-refractivity contribution in [1.29, 1.82) is 0 Å². The highest BCUT2D eigenvalue weighted by Gasteiger charge is 2.07. The van der Waals surface area contributed by atoms with Gasteiger partial charge in [-0.25, -0.2) is 4.68 Å². The highest BCUT2D eigenvalue weighted by atomic mass is 32.2. The van der Waals surface area contributed by atoms with Crippen LogP contribution in [-0.4, -0.2) is 49.1 Å². The van der Waals surface area contributed by atoms with E-state index in [1.54, 1.807) is 0 Å². The van der Waals surface area contributed by atoms with Crippen LogP contribution in [0.4, 0.5) is 0 Å². The molecule has 0 saturated heterocycles. The van der Waals surface area contributed by atoms with Gasteiger partial charge in [0.05, 0.1) is 13.2 Å². The average molecular weight is 233 g/mol. The first-order chi connectivity index (χ1) is 6.77. The first-order valence-electron chi connectivity index (χ1n) is 3.98. The fraction of sp³-hybridized carbons (Fsp3) is 0.667. The maximum Gasteiger partial charge on any atom is 0.209 e. The molecule has 1 unspecified atom stereocenters. The van der Waals surface area contributed by atoms with Crippen molar-refractivity contribution >= 4 is 29.3 Å². The second kappa shape index (κ2) is 6.02. The van der Waals surface area contributed by atoms with E-state index in [4.69, 9.17) is 23.1 Å². The molecule has 1 heterocycles. The van der Waals surface area contributed by atoms with Crippen molar-refractivity contribution in [2.24, 2.45) is 5.73 Å². The number of thioether (sulfide) groups is 1. The minimum atomic E-state index is -0.144. The van der Waals surface area contributed by atoms with Crippen LogP contribution in [-0.2, 0) is 6.54 Å². The van der Waals surface area contributed by atoms with Crippen LogP contribution < -0.4 is 5.73 Å². The van der Waals surface area contributed by atoms with Gasteiger partial charge in [0.15, 0.2) is 0 Å². The Morgan fingerprint density at radius 3 is 3.14 bits per heavy atom. The number of hydrogen-bond donors (Lipinski definition) is 2. The Morgan fingerprint density at radius 1 is 1.71 bits per heavy atom. The molecule has 0 saturated carbocycles. The molecule has 1 atom stereocenters. The van der Waals surface area contributed by atoms with Crippen LogP contribution in [0.2, 0.25) is 0 Å². The van der Waals surface area contributed by atoms with Crippen molar-refractivity contribution in [2.75, 3.05) is 12.4 Å². The fourth-order valence-corrected chi connectivity index (χ4v) is 1.77. The van der Waals surface area contributed by atoms with E-state index in [0.717, 1.165) is 0 Å². The molecule has 78 valence electrons. The lowest BCUT2D eigenvalue weighted by molar-refractivity contribution is 0.262. The normalized spacial score (nSPS) is 12.7. The van der Waals surface area contributed by atoms with E-state index in [9.17, 15) is 0 Å². The molecule has 1 aromatic heterocycles. The molecule has 1 rings (SSSR count). The van der Waals surface area contributed by atoms with Crippen molar-refractivity contribution in [2.45, 2.75) is 17.7 Å².